The Morgan fingerprint density at radius 1 is 0.980 bits per heavy atom. The maximum atomic E-state index is 13.5. The summed E-state index contributed by atoms with van der Waals surface area (Å²) in [4.78, 5) is 42.8. The van der Waals surface area contributed by atoms with Crippen molar-refractivity contribution in [2.45, 2.75) is 32.2 Å². The Hall–Kier alpha value is -5.69. The van der Waals surface area contributed by atoms with E-state index in [1.807, 2.05) is 48.4 Å². The monoisotopic (exact) mass is 691 g/mol. The standard InChI is InChI=1S/C38H41N7O6/c1-38(22-51-23-38)37(47)44-16-5-6-27(21-44)35-43-32(24-7-9-25(10-8-24)36(46)42-31-14-13-29(49-3)20-40-31)33-34(39-15-17-45(33)35)41-19-26-11-12-28(48-2)18-30(26)50-4/h7-15,17-18,20,27H,5-6,16,19,21-23H2,1-4H3,(H,39,41)(H,40,42,46). The lowest BCUT2D eigenvalue weighted by Crippen LogP contribution is -2.55. The molecule has 0 spiro atoms. The van der Waals surface area contributed by atoms with E-state index in [1.54, 1.807) is 58.0 Å². The van der Waals surface area contributed by atoms with Gasteiger partial charge in [0, 0.05) is 60.7 Å². The molecule has 2 amide bonds. The number of nitrogens with zero attached hydrogens (tertiary/aromatic N) is 5. The number of ether oxygens (including phenoxy) is 4. The van der Waals surface area contributed by atoms with Crippen LogP contribution in [0.2, 0.25) is 0 Å². The summed E-state index contributed by atoms with van der Waals surface area (Å²) < 4.78 is 23.7. The average Bonchev–Trinajstić information content (AvgIpc) is 3.56. The van der Waals surface area contributed by atoms with Gasteiger partial charge in [0.25, 0.3) is 5.91 Å². The molecule has 1 atom stereocenters. The molecule has 2 aliphatic rings. The highest BCUT2D eigenvalue weighted by Gasteiger charge is 2.45. The summed E-state index contributed by atoms with van der Waals surface area (Å²) in [7, 11) is 4.82. The van der Waals surface area contributed by atoms with Crippen LogP contribution in [0.3, 0.4) is 0 Å². The summed E-state index contributed by atoms with van der Waals surface area (Å²) in [5.74, 6) is 3.77. The second-order valence-electron chi connectivity index (χ2n) is 13.1. The minimum absolute atomic E-state index is 0.00697. The number of carbonyl (C=O) groups excluding carboxylic acids is 2. The minimum atomic E-state index is -0.470. The summed E-state index contributed by atoms with van der Waals surface area (Å²) in [6.45, 7) is 4.60. The predicted molar refractivity (Wildman–Crippen MR) is 192 cm³/mol. The van der Waals surface area contributed by atoms with E-state index in [0.29, 0.717) is 73.0 Å². The van der Waals surface area contributed by atoms with Gasteiger partial charge < -0.3 is 34.5 Å². The molecule has 3 aromatic heterocycles. The molecule has 5 aromatic rings. The molecule has 0 radical (unpaired) electrons. The number of rotatable bonds is 11. The van der Waals surface area contributed by atoms with Crippen molar-refractivity contribution in [1.82, 2.24) is 24.3 Å². The van der Waals surface area contributed by atoms with Gasteiger partial charge in [-0.05, 0) is 56.2 Å². The first-order valence-corrected chi connectivity index (χ1v) is 16.9. The van der Waals surface area contributed by atoms with Gasteiger partial charge in [0.2, 0.25) is 5.91 Å². The molecule has 2 saturated heterocycles. The molecule has 51 heavy (non-hydrogen) atoms. The Morgan fingerprint density at radius 3 is 2.45 bits per heavy atom. The number of pyridine rings is 1. The Kier molecular flexibility index (Phi) is 9.46. The highest BCUT2D eigenvalue weighted by molar-refractivity contribution is 6.04. The van der Waals surface area contributed by atoms with Crippen molar-refractivity contribution in [2.75, 3.05) is 58.3 Å². The van der Waals surface area contributed by atoms with E-state index in [0.717, 1.165) is 35.3 Å². The van der Waals surface area contributed by atoms with Crippen molar-refractivity contribution in [3.8, 4) is 28.5 Å². The SMILES string of the molecule is COc1ccc(NC(=O)c2ccc(-c3nc(C4CCCN(C(=O)C5(C)COC5)C4)n4ccnc(NCc5ccc(OC)cc5OC)c34)cc2)nc1. The lowest BCUT2D eigenvalue weighted by atomic mass is 9.85. The molecule has 5 heterocycles. The zero-order valence-corrected chi connectivity index (χ0v) is 29.1. The molecular weight excluding hydrogens is 650 g/mol. The van der Waals surface area contributed by atoms with Gasteiger partial charge in [-0.15, -0.1) is 0 Å². The molecule has 2 N–H and O–H groups in total. The van der Waals surface area contributed by atoms with Crippen LogP contribution in [-0.2, 0) is 16.1 Å². The largest absolute Gasteiger partial charge is 0.497 e. The Labute approximate surface area is 295 Å². The fourth-order valence-corrected chi connectivity index (χ4v) is 6.69. The predicted octanol–water partition coefficient (Wildman–Crippen LogP) is 5.42. The highest BCUT2D eigenvalue weighted by atomic mass is 16.5. The Morgan fingerprint density at radius 2 is 1.76 bits per heavy atom. The number of imidazole rings is 1. The molecule has 2 aliphatic heterocycles. The van der Waals surface area contributed by atoms with Crippen LogP contribution in [-0.4, -0.2) is 83.7 Å². The molecule has 0 bridgehead atoms. The van der Waals surface area contributed by atoms with E-state index >= 15 is 0 Å². The molecule has 264 valence electrons. The van der Waals surface area contributed by atoms with Gasteiger partial charge in [-0.2, -0.15) is 0 Å². The van der Waals surface area contributed by atoms with Gasteiger partial charge in [0.1, 0.15) is 40.1 Å². The zero-order chi connectivity index (χ0) is 35.5. The van der Waals surface area contributed by atoms with Gasteiger partial charge in [0.05, 0.1) is 46.2 Å². The Balaban J connectivity index is 1.22. The number of carbonyl (C=O) groups is 2. The van der Waals surface area contributed by atoms with Crippen LogP contribution < -0.4 is 24.8 Å². The van der Waals surface area contributed by atoms with Gasteiger partial charge in [-0.1, -0.05) is 12.1 Å². The van der Waals surface area contributed by atoms with Crippen molar-refractivity contribution in [3.63, 3.8) is 0 Å². The van der Waals surface area contributed by atoms with Gasteiger partial charge in [0.15, 0.2) is 5.82 Å². The summed E-state index contributed by atoms with van der Waals surface area (Å²) >= 11 is 0. The number of likely N-dealkylation sites (tertiary alicyclic amines) is 1. The second-order valence-corrected chi connectivity index (χ2v) is 13.1. The summed E-state index contributed by atoms with van der Waals surface area (Å²) in [6.07, 6.45) is 6.99. The normalized spacial score (nSPS) is 16.6. The third-order valence-electron chi connectivity index (χ3n) is 9.59. The van der Waals surface area contributed by atoms with Crippen molar-refractivity contribution >= 4 is 29.0 Å². The molecule has 13 heteroatoms. The van der Waals surface area contributed by atoms with Crippen LogP contribution in [0, 0.1) is 5.41 Å². The van der Waals surface area contributed by atoms with Crippen LogP contribution in [0.25, 0.3) is 16.8 Å². The zero-order valence-electron chi connectivity index (χ0n) is 29.1. The van der Waals surface area contributed by atoms with E-state index in [1.165, 1.54) is 0 Å². The lowest BCUT2D eigenvalue weighted by Gasteiger charge is -2.42. The summed E-state index contributed by atoms with van der Waals surface area (Å²) in [5.41, 5.74) is 3.26. The highest BCUT2D eigenvalue weighted by Crippen LogP contribution is 2.37. The smallest absolute Gasteiger partial charge is 0.256 e. The van der Waals surface area contributed by atoms with Crippen LogP contribution in [0.15, 0.2) is 73.2 Å². The maximum absolute atomic E-state index is 13.5. The van der Waals surface area contributed by atoms with Crippen LogP contribution in [0.4, 0.5) is 11.6 Å². The Bertz CT molecular complexity index is 2040. The van der Waals surface area contributed by atoms with E-state index in [9.17, 15) is 9.59 Å². The number of hydrogen-bond acceptors (Lipinski definition) is 10. The summed E-state index contributed by atoms with van der Waals surface area (Å²) in [6, 6.07) is 16.4. The topological polar surface area (TPSA) is 141 Å². The quantitative estimate of drug-likeness (QED) is 0.184. The molecule has 7 rings (SSSR count). The van der Waals surface area contributed by atoms with Crippen LogP contribution >= 0.6 is 0 Å². The molecule has 2 fully saturated rings. The van der Waals surface area contributed by atoms with E-state index in [2.05, 4.69) is 20.0 Å². The number of aromatic nitrogens is 4. The number of piperidine rings is 1. The second kappa shape index (κ2) is 14.3. The number of methoxy groups -OCH3 is 3. The molecule has 2 aromatic carbocycles. The first-order valence-electron chi connectivity index (χ1n) is 16.9. The number of amides is 2. The van der Waals surface area contributed by atoms with Crippen molar-refractivity contribution in [2.24, 2.45) is 5.41 Å². The number of anilines is 2. The van der Waals surface area contributed by atoms with Crippen LogP contribution in [0.5, 0.6) is 17.2 Å². The van der Waals surface area contributed by atoms with E-state index < -0.39 is 5.41 Å². The number of nitrogens with one attached hydrogen (secondary N) is 2. The third kappa shape index (κ3) is 6.76. The number of hydrogen-bond donors (Lipinski definition) is 2. The minimum Gasteiger partial charge on any atom is -0.497 e. The molecule has 0 saturated carbocycles. The third-order valence-corrected chi connectivity index (χ3v) is 9.59. The maximum Gasteiger partial charge on any atom is 0.256 e. The first-order chi connectivity index (χ1) is 24.8. The van der Waals surface area contributed by atoms with Crippen molar-refractivity contribution in [1.29, 1.82) is 0 Å². The number of fused-ring (bicyclic) bond motifs is 1. The van der Waals surface area contributed by atoms with E-state index in [4.69, 9.17) is 28.9 Å². The molecular formula is C38H41N7O6. The van der Waals surface area contributed by atoms with Crippen molar-refractivity contribution < 1.29 is 28.5 Å². The lowest BCUT2D eigenvalue weighted by molar-refractivity contribution is -0.169. The summed E-state index contributed by atoms with van der Waals surface area (Å²) in [5, 5.41) is 6.35. The van der Waals surface area contributed by atoms with E-state index in [-0.39, 0.29) is 17.7 Å². The first kappa shape index (κ1) is 33.8. The average molecular weight is 692 g/mol. The fourth-order valence-electron chi connectivity index (χ4n) is 6.69. The van der Waals surface area contributed by atoms with Crippen molar-refractivity contribution in [3.05, 3.63) is 90.1 Å². The van der Waals surface area contributed by atoms with Gasteiger partial charge >= 0.3 is 0 Å². The molecule has 13 nitrogen and oxygen atoms in total. The van der Waals surface area contributed by atoms with Crippen LogP contribution in [0.1, 0.15) is 47.4 Å². The fraction of sp³-hybridized carbons (Fsp3) is 0.342. The number of benzene rings is 2. The van der Waals surface area contributed by atoms with Gasteiger partial charge in [-0.3, -0.25) is 14.0 Å². The molecule has 1 unspecified atom stereocenters. The molecule has 0 aliphatic carbocycles. The van der Waals surface area contributed by atoms with Gasteiger partial charge in [-0.25, -0.2) is 15.0 Å².